The van der Waals surface area contributed by atoms with E-state index in [1.807, 2.05) is 36.4 Å². The number of carbonyl (C=O) groups is 1. The molecule has 3 aromatic heterocycles. The number of carboxylic acids is 1. The molecule has 7 rings (SSSR count). The van der Waals surface area contributed by atoms with Gasteiger partial charge >= 0.3 is 5.97 Å². The molecule has 1 fully saturated rings. The minimum atomic E-state index is -3.85. The molecule has 3 atom stereocenters. The summed E-state index contributed by atoms with van der Waals surface area (Å²) >= 11 is 0. The van der Waals surface area contributed by atoms with Crippen molar-refractivity contribution in [2.24, 2.45) is 0 Å². The monoisotopic (exact) mass is 1070 g/mol. The van der Waals surface area contributed by atoms with Gasteiger partial charge in [0, 0.05) is 112 Å². The van der Waals surface area contributed by atoms with Gasteiger partial charge in [-0.3, -0.25) is 28.4 Å². The Morgan fingerprint density at radius 2 is 0.733 bits per heavy atom. The Hall–Kier alpha value is -6.89. The van der Waals surface area contributed by atoms with Gasteiger partial charge in [-0.1, -0.05) is 35.5 Å². The third kappa shape index (κ3) is 17.3. The first-order valence-electron chi connectivity index (χ1n) is 23.6. The zero-order valence-electron chi connectivity index (χ0n) is 42.1. The fraction of sp³-hybridized carbons (Fsp3) is 0.273. The maximum atomic E-state index is 13.2. The first kappa shape index (κ1) is 55.9. The van der Waals surface area contributed by atoms with Crippen LogP contribution in [0.5, 0.6) is 17.2 Å². The van der Waals surface area contributed by atoms with Gasteiger partial charge in [-0.05, 0) is 109 Å². The van der Waals surface area contributed by atoms with Crippen molar-refractivity contribution in [3.63, 3.8) is 0 Å². The number of benzene rings is 3. The minimum Gasteiger partial charge on any atom is -0.497 e. The Kier molecular flexibility index (Phi) is 18.7. The summed E-state index contributed by atoms with van der Waals surface area (Å²) in [6.07, 6.45) is 0. The van der Waals surface area contributed by atoms with E-state index in [2.05, 4.69) is 65.2 Å². The highest BCUT2D eigenvalue weighted by atomic mass is 31.2. The number of hydrogen-bond acceptors (Lipinski definition) is 13. The lowest BCUT2D eigenvalue weighted by atomic mass is 10.1. The Bertz CT molecular complexity index is 3210. The molecule has 4 heterocycles. The van der Waals surface area contributed by atoms with Crippen LogP contribution < -0.4 is 30.5 Å². The molecule has 1 saturated heterocycles. The van der Waals surface area contributed by atoms with Crippen molar-refractivity contribution in [1.82, 2.24) is 29.7 Å². The number of ether oxygens (including phenoxy) is 3. The van der Waals surface area contributed by atoms with Crippen LogP contribution in [0.25, 0.3) is 0 Å². The summed E-state index contributed by atoms with van der Waals surface area (Å²) in [5.74, 6) is 19.4. The minimum absolute atomic E-state index is 0.00266. The maximum Gasteiger partial charge on any atom is 0.341 e. The lowest BCUT2D eigenvalue weighted by Crippen LogP contribution is -2.36. The number of pyridine rings is 3. The third-order valence-corrected chi connectivity index (χ3v) is 14.9. The second-order valence-electron chi connectivity index (χ2n) is 18.0. The molecule has 0 aliphatic carbocycles. The molecule has 3 unspecified atom stereocenters. The molecular weight excluding hydrogens is 1010 g/mol. The number of methoxy groups -OCH3 is 2. The van der Waals surface area contributed by atoms with Gasteiger partial charge in [-0.15, -0.1) is 0 Å². The van der Waals surface area contributed by atoms with Crippen molar-refractivity contribution in [3.8, 4) is 52.8 Å². The first-order valence-corrected chi connectivity index (χ1v) is 29.9. The molecule has 0 bridgehead atoms. The number of aromatic nitrogens is 3. The molecule has 3 aromatic carbocycles. The maximum absolute atomic E-state index is 13.2. The van der Waals surface area contributed by atoms with Crippen LogP contribution in [0.2, 0.25) is 0 Å². The molecular formula is C55H57N6O11P3. The predicted octanol–water partition coefficient (Wildman–Crippen LogP) is 4.95. The van der Waals surface area contributed by atoms with Gasteiger partial charge in [-0.25, -0.2) is 19.7 Å². The van der Waals surface area contributed by atoms with Gasteiger partial charge < -0.3 is 34.0 Å². The van der Waals surface area contributed by atoms with E-state index < -0.39 is 34.7 Å². The van der Waals surface area contributed by atoms with Gasteiger partial charge in [0.2, 0.25) is 22.1 Å². The zero-order valence-corrected chi connectivity index (χ0v) is 44.8. The van der Waals surface area contributed by atoms with Crippen molar-refractivity contribution < 1.29 is 52.5 Å². The van der Waals surface area contributed by atoms with E-state index in [0.29, 0.717) is 109 Å². The van der Waals surface area contributed by atoms with Gasteiger partial charge in [0.15, 0.2) is 6.61 Å². The van der Waals surface area contributed by atoms with Crippen LogP contribution in [0, 0.1) is 35.5 Å². The second-order valence-corrected chi connectivity index (χ2v) is 24.6. The highest BCUT2D eigenvalue weighted by molar-refractivity contribution is 7.65. The average Bonchev–Trinajstić information content (AvgIpc) is 3.46. The second kappa shape index (κ2) is 25.1. The van der Waals surface area contributed by atoms with Crippen LogP contribution in [-0.4, -0.2) is 135 Å². The normalized spacial score (nSPS) is 15.7. The van der Waals surface area contributed by atoms with Gasteiger partial charge in [0.1, 0.15) is 33.6 Å². The van der Waals surface area contributed by atoms with Crippen molar-refractivity contribution in [3.05, 3.63) is 160 Å². The molecule has 20 heteroatoms. The molecule has 4 N–H and O–H groups in total. The molecule has 1 aliphatic rings. The van der Waals surface area contributed by atoms with Gasteiger partial charge in [0.05, 0.1) is 31.3 Å². The van der Waals surface area contributed by atoms with E-state index in [-0.39, 0.29) is 22.8 Å². The Labute approximate surface area is 436 Å². The Morgan fingerprint density at radius 3 is 0.987 bits per heavy atom. The molecule has 0 spiro atoms. The standard InChI is InChI=1S/C55H57N6O11P3/c1-70-49-18-12-40(13-19-49)6-9-43-30-46(56-52(33-43)73(3,64)65)36-59-24-25-60(37-47-31-44(34-53(57-47)74(4,66)67)10-7-41-14-20-50(71-2)21-15-41)27-29-61(28-26-59)38-48-32-45(35-54(58-48)75(5,68)69)11-8-42-16-22-51(23-17-42)72-39-55(62)63/h12-23,30-35H,24-29,36-39H2,1-5H3,(H,62,63)(H,64,65)(H,66,67)(H,68,69). The lowest BCUT2D eigenvalue weighted by molar-refractivity contribution is -0.139. The van der Waals surface area contributed by atoms with Crippen molar-refractivity contribution >= 4 is 44.4 Å². The van der Waals surface area contributed by atoms with E-state index in [9.17, 15) is 33.2 Å². The Balaban J connectivity index is 1.21. The summed E-state index contributed by atoms with van der Waals surface area (Å²) in [5.41, 5.74) is 5.22. The first-order chi connectivity index (χ1) is 35.7. The Morgan fingerprint density at radius 1 is 0.467 bits per heavy atom. The molecule has 388 valence electrons. The molecule has 0 saturated carbocycles. The SMILES string of the molecule is COc1ccc(C#Cc2cc(CN3CCN(Cc4cc(C#Cc5ccc(OC)cc5)cc(P(C)(=O)O)n4)CCN(Cc4cc(C#Cc5ccc(OCC(=O)O)cc5)cc(P(C)(=O)O)n4)CC3)nc(P(C)(=O)O)c2)cc1. The fourth-order valence-electron chi connectivity index (χ4n) is 7.72. The summed E-state index contributed by atoms with van der Waals surface area (Å²) in [7, 11) is -8.32. The zero-order chi connectivity index (χ0) is 53.8. The summed E-state index contributed by atoms with van der Waals surface area (Å²) < 4.78 is 55.2. The van der Waals surface area contributed by atoms with Crippen molar-refractivity contribution in [2.45, 2.75) is 19.6 Å². The van der Waals surface area contributed by atoms with Gasteiger partial charge in [-0.2, -0.15) is 0 Å². The molecule has 17 nitrogen and oxygen atoms in total. The van der Waals surface area contributed by atoms with E-state index in [0.717, 1.165) is 11.1 Å². The van der Waals surface area contributed by atoms with E-state index in [4.69, 9.17) is 19.3 Å². The average molecular weight is 1070 g/mol. The summed E-state index contributed by atoms with van der Waals surface area (Å²) in [6.45, 7) is 7.19. The highest BCUT2D eigenvalue weighted by Gasteiger charge is 2.24. The number of carboxylic acid groups (broad SMARTS) is 1. The number of hydrogen-bond donors (Lipinski definition) is 4. The van der Waals surface area contributed by atoms with Crippen LogP contribution in [0.3, 0.4) is 0 Å². The third-order valence-electron chi connectivity index (χ3n) is 11.7. The number of nitrogens with zero attached hydrogens (tertiary/aromatic N) is 6. The van der Waals surface area contributed by atoms with E-state index in [1.54, 1.807) is 68.8 Å². The van der Waals surface area contributed by atoms with E-state index >= 15 is 0 Å². The highest BCUT2D eigenvalue weighted by Crippen LogP contribution is 2.35. The largest absolute Gasteiger partial charge is 0.497 e. The van der Waals surface area contributed by atoms with Gasteiger partial charge in [0.25, 0.3) is 0 Å². The fourth-order valence-corrected chi connectivity index (χ4v) is 9.80. The molecule has 75 heavy (non-hydrogen) atoms. The predicted molar refractivity (Wildman–Crippen MR) is 288 cm³/mol. The number of rotatable bonds is 14. The van der Waals surface area contributed by atoms with Crippen molar-refractivity contribution in [2.75, 3.05) is 80.1 Å². The molecule has 1 aliphatic heterocycles. The summed E-state index contributed by atoms with van der Waals surface area (Å²) in [5, 5.41) is 8.96. The quantitative estimate of drug-likeness (QED) is 0.0837. The van der Waals surface area contributed by atoms with E-state index in [1.165, 1.54) is 38.2 Å². The summed E-state index contributed by atoms with van der Waals surface area (Å²) in [4.78, 5) is 63.8. The smallest absolute Gasteiger partial charge is 0.341 e. The molecule has 6 aromatic rings. The molecule has 0 amide bonds. The lowest BCUT2D eigenvalue weighted by Gasteiger charge is -2.26. The van der Waals surface area contributed by atoms with Crippen LogP contribution in [0.1, 0.15) is 50.5 Å². The van der Waals surface area contributed by atoms with Crippen LogP contribution in [0.15, 0.2) is 109 Å². The molecule has 0 radical (unpaired) electrons. The van der Waals surface area contributed by atoms with Crippen LogP contribution in [-0.2, 0) is 38.1 Å². The number of aliphatic carboxylic acids is 1. The van der Waals surface area contributed by atoms with Crippen molar-refractivity contribution in [1.29, 1.82) is 0 Å². The van der Waals surface area contributed by atoms with Crippen LogP contribution >= 0.6 is 22.1 Å². The van der Waals surface area contributed by atoms with Crippen LogP contribution in [0.4, 0.5) is 0 Å². The summed E-state index contributed by atoms with van der Waals surface area (Å²) in [6, 6.07) is 31.1. The topological polar surface area (TPSA) is 225 Å².